The van der Waals surface area contributed by atoms with Crippen molar-refractivity contribution in [3.8, 4) is 0 Å². The molecule has 1 aromatic heterocycles. The van der Waals surface area contributed by atoms with Crippen LogP contribution in [-0.4, -0.2) is 59.8 Å². The van der Waals surface area contributed by atoms with E-state index in [1.807, 2.05) is 16.5 Å². The van der Waals surface area contributed by atoms with Crippen LogP contribution < -0.4 is 10.6 Å². The highest BCUT2D eigenvalue weighted by Gasteiger charge is 2.16. The van der Waals surface area contributed by atoms with Gasteiger partial charge in [0.25, 0.3) is 0 Å². The molecule has 24 heavy (non-hydrogen) atoms. The summed E-state index contributed by atoms with van der Waals surface area (Å²) in [7, 11) is 1.72. The third kappa shape index (κ3) is 5.54. The number of carbonyl (C=O) groups is 1. The number of piperidine rings is 1. The number of likely N-dealkylation sites (tertiary alicyclic amines) is 1. The molecule has 1 saturated heterocycles. The molecule has 0 spiro atoms. The molecule has 1 amide bonds. The van der Waals surface area contributed by atoms with Crippen molar-refractivity contribution in [1.82, 2.24) is 25.3 Å². The number of aliphatic imine (C=N–C) groups is 1. The lowest BCUT2D eigenvalue weighted by Crippen LogP contribution is -2.46. The summed E-state index contributed by atoms with van der Waals surface area (Å²) < 4.78 is 2.02. The number of amides is 1. The smallest absolute Gasteiger partial charge is 0.241 e. The molecule has 0 saturated carbocycles. The van der Waals surface area contributed by atoms with E-state index < -0.39 is 0 Å². The van der Waals surface area contributed by atoms with Crippen molar-refractivity contribution in [3.05, 3.63) is 17.5 Å². The standard InChI is InChI=1S/C17H30N6O/c1-14-12-15(2)23(21-14)11-7-8-19-17(18-3)20-13-16(24)22-9-5-4-6-10-22/h12H,4-11,13H2,1-3H3,(H2,18,19,20). The van der Waals surface area contributed by atoms with Crippen molar-refractivity contribution in [3.63, 3.8) is 0 Å². The van der Waals surface area contributed by atoms with Gasteiger partial charge in [-0.15, -0.1) is 0 Å². The second-order valence-electron chi connectivity index (χ2n) is 6.30. The number of aryl methyl sites for hydroxylation is 3. The van der Waals surface area contributed by atoms with E-state index in [9.17, 15) is 4.79 Å². The minimum atomic E-state index is 0.153. The first-order valence-electron chi connectivity index (χ1n) is 8.83. The zero-order chi connectivity index (χ0) is 17.4. The van der Waals surface area contributed by atoms with Crippen LogP contribution in [-0.2, 0) is 11.3 Å². The molecule has 2 heterocycles. The Balaban J connectivity index is 1.65. The number of hydrogen-bond acceptors (Lipinski definition) is 3. The molecular formula is C17H30N6O. The van der Waals surface area contributed by atoms with E-state index in [0.717, 1.165) is 51.1 Å². The fourth-order valence-corrected chi connectivity index (χ4v) is 2.97. The maximum atomic E-state index is 12.1. The lowest BCUT2D eigenvalue weighted by molar-refractivity contribution is -0.130. The van der Waals surface area contributed by atoms with E-state index in [4.69, 9.17) is 0 Å². The van der Waals surface area contributed by atoms with Gasteiger partial charge in [0.05, 0.1) is 12.2 Å². The first kappa shape index (κ1) is 18.3. The molecule has 7 heteroatoms. The van der Waals surface area contributed by atoms with Crippen LogP contribution in [0.25, 0.3) is 0 Å². The number of guanidine groups is 1. The second kappa shape index (κ2) is 9.30. The van der Waals surface area contributed by atoms with Gasteiger partial charge < -0.3 is 15.5 Å². The van der Waals surface area contributed by atoms with Crippen molar-refractivity contribution in [2.45, 2.75) is 46.1 Å². The fraction of sp³-hybridized carbons (Fsp3) is 0.706. The van der Waals surface area contributed by atoms with E-state index in [1.54, 1.807) is 7.05 Å². The molecule has 0 bridgehead atoms. The molecule has 0 aromatic carbocycles. The van der Waals surface area contributed by atoms with Crippen molar-refractivity contribution in [2.75, 3.05) is 33.2 Å². The van der Waals surface area contributed by atoms with Gasteiger partial charge >= 0.3 is 0 Å². The first-order valence-corrected chi connectivity index (χ1v) is 8.83. The zero-order valence-electron chi connectivity index (χ0n) is 15.1. The summed E-state index contributed by atoms with van der Waals surface area (Å²) in [5.74, 6) is 0.828. The summed E-state index contributed by atoms with van der Waals surface area (Å²) >= 11 is 0. The van der Waals surface area contributed by atoms with Gasteiger partial charge in [-0.25, -0.2) is 0 Å². The average molecular weight is 334 g/mol. The maximum absolute atomic E-state index is 12.1. The Morgan fingerprint density at radius 3 is 2.62 bits per heavy atom. The third-order valence-electron chi connectivity index (χ3n) is 4.28. The molecule has 134 valence electrons. The summed E-state index contributed by atoms with van der Waals surface area (Å²) in [4.78, 5) is 18.3. The van der Waals surface area contributed by atoms with Gasteiger partial charge in [-0.05, 0) is 45.6 Å². The molecule has 0 unspecified atom stereocenters. The summed E-state index contributed by atoms with van der Waals surface area (Å²) in [5, 5.41) is 10.8. The molecule has 1 aliphatic rings. The van der Waals surface area contributed by atoms with Crippen LogP contribution in [0.4, 0.5) is 0 Å². The van der Waals surface area contributed by atoms with Crippen LogP contribution in [0.3, 0.4) is 0 Å². The minimum absolute atomic E-state index is 0.153. The van der Waals surface area contributed by atoms with Crippen molar-refractivity contribution >= 4 is 11.9 Å². The molecule has 1 aromatic rings. The van der Waals surface area contributed by atoms with Crippen LogP contribution in [0, 0.1) is 13.8 Å². The van der Waals surface area contributed by atoms with E-state index in [-0.39, 0.29) is 5.91 Å². The van der Waals surface area contributed by atoms with Gasteiger partial charge in [-0.3, -0.25) is 14.5 Å². The van der Waals surface area contributed by atoms with Crippen LogP contribution >= 0.6 is 0 Å². The Bertz CT molecular complexity index is 559. The number of rotatable bonds is 6. The van der Waals surface area contributed by atoms with Gasteiger partial charge in [0.15, 0.2) is 5.96 Å². The average Bonchev–Trinajstić information content (AvgIpc) is 2.92. The van der Waals surface area contributed by atoms with Crippen molar-refractivity contribution < 1.29 is 4.79 Å². The van der Waals surface area contributed by atoms with Crippen molar-refractivity contribution in [2.24, 2.45) is 4.99 Å². The largest absolute Gasteiger partial charge is 0.356 e. The zero-order valence-corrected chi connectivity index (χ0v) is 15.1. The third-order valence-corrected chi connectivity index (χ3v) is 4.28. The van der Waals surface area contributed by atoms with Crippen LogP contribution in [0.15, 0.2) is 11.1 Å². The van der Waals surface area contributed by atoms with Crippen molar-refractivity contribution in [1.29, 1.82) is 0 Å². The SMILES string of the molecule is CN=C(NCCCn1nc(C)cc1C)NCC(=O)N1CCCCC1. The predicted molar refractivity (Wildman–Crippen MR) is 96.1 cm³/mol. The normalized spacial score (nSPS) is 15.5. The summed E-state index contributed by atoms with van der Waals surface area (Å²) in [6, 6.07) is 2.08. The minimum Gasteiger partial charge on any atom is -0.356 e. The predicted octanol–water partition coefficient (Wildman–Crippen LogP) is 1.07. The molecular weight excluding hydrogens is 304 g/mol. The summed E-state index contributed by atoms with van der Waals surface area (Å²) in [6.45, 7) is 7.81. The molecule has 7 nitrogen and oxygen atoms in total. The Morgan fingerprint density at radius 1 is 1.25 bits per heavy atom. The quantitative estimate of drug-likeness (QED) is 0.464. The number of hydrogen-bond donors (Lipinski definition) is 2. The first-order chi connectivity index (χ1) is 11.6. The van der Waals surface area contributed by atoms with Gasteiger partial charge in [0, 0.05) is 38.9 Å². The molecule has 1 fully saturated rings. The number of aromatic nitrogens is 2. The Kier molecular flexibility index (Phi) is 7.08. The monoisotopic (exact) mass is 334 g/mol. The lowest BCUT2D eigenvalue weighted by atomic mass is 10.1. The number of nitrogens with zero attached hydrogens (tertiary/aromatic N) is 4. The topological polar surface area (TPSA) is 74.5 Å². The second-order valence-corrected chi connectivity index (χ2v) is 6.30. The van der Waals surface area contributed by atoms with Crippen LogP contribution in [0.1, 0.15) is 37.1 Å². The maximum Gasteiger partial charge on any atom is 0.241 e. The van der Waals surface area contributed by atoms with E-state index in [1.165, 1.54) is 12.1 Å². The Hall–Kier alpha value is -2.05. The van der Waals surface area contributed by atoms with Gasteiger partial charge in [0.1, 0.15) is 0 Å². The van der Waals surface area contributed by atoms with E-state index in [2.05, 4.69) is 33.7 Å². The van der Waals surface area contributed by atoms with E-state index in [0.29, 0.717) is 12.5 Å². The summed E-state index contributed by atoms with van der Waals surface area (Å²) in [5.41, 5.74) is 2.23. The van der Waals surface area contributed by atoms with Crippen LogP contribution in [0.5, 0.6) is 0 Å². The molecule has 1 aliphatic heterocycles. The highest BCUT2D eigenvalue weighted by atomic mass is 16.2. The Morgan fingerprint density at radius 2 is 2.00 bits per heavy atom. The van der Waals surface area contributed by atoms with Gasteiger partial charge in [-0.2, -0.15) is 5.10 Å². The molecule has 2 N–H and O–H groups in total. The molecule has 0 atom stereocenters. The lowest BCUT2D eigenvalue weighted by Gasteiger charge is -2.27. The number of nitrogens with one attached hydrogen (secondary N) is 2. The van der Waals surface area contributed by atoms with Crippen LogP contribution in [0.2, 0.25) is 0 Å². The molecule has 2 rings (SSSR count). The fourth-order valence-electron chi connectivity index (χ4n) is 2.97. The summed E-state index contributed by atoms with van der Waals surface area (Å²) in [6.07, 6.45) is 4.41. The van der Waals surface area contributed by atoms with Gasteiger partial charge in [-0.1, -0.05) is 0 Å². The highest BCUT2D eigenvalue weighted by Crippen LogP contribution is 2.08. The molecule has 0 radical (unpaired) electrons. The number of carbonyl (C=O) groups excluding carboxylic acids is 1. The molecule has 0 aliphatic carbocycles. The highest BCUT2D eigenvalue weighted by molar-refractivity contribution is 5.86. The Labute approximate surface area is 144 Å². The van der Waals surface area contributed by atoms with Gasteiger partial charge in [0.2, 0.25) is 5.91 Å². The van der Waals surface area contributed by atoms with E-state index >= 15 is 0 Å².